The van der Waals surface area contributed by atoms with E-state index in [2.05, 4.69) is 44.3 Å². The number of halogens is 1. The molecule has 0 spiro atoms. The Kier molecular flexibility index (Phi) is 6.14. The maximum absolute atomic E-state index is 15.2. The van der Waals surface area contributed by atoms with Gasteiger partial charge in [-0.1, -0.05) is 0 Å². The van der Waals surface area contributed by atoms with Crippen molar-refractivity contribution in [1.29, 1.82) is 5.26 Å². The highest BCUT2D eigenvalue weighted by Gasteiger charge is 2.21. The van der Waals surface area contributed by atoms with Gasteiger partial charge in [0.15, 0.2) is 22.9 Å². The predicted octanol–water partition coefficient (Wildman–Crippen LogP) is 4.30. The number of hydrogen-bond acceptors (Lipinski definition) is 7. The van der Waals surface area contributed by atoms with Gasteiger partial charge >= 0.3 is 0 Å². The molecule has 5 rings (SSSR count). The highest BCUT2D eigenvalue weighted by Crippen LogP contribution is 2.33. The summed E-state index contributed by atoms with van der Waals surface area (Å²) in [7, 11) is 4.04. The first-order valence-electron chi connectivity index (χ1n) is 11.7. The van der Waals surface area contributed by atoms with Gasteiger partial charge in [0, 0.05) is 55.7 Å². The summed E-state index contributed by atoms with van der Waals surface area (Å²) in [6, 6.07) is 7.24. The smallest absolute Gasteiger partial charge is 0.242 e. The molecule has 35 heavy (non-hydrogen) atoms. The molecule has 1 aliphatic carbocycles. The summed E-state index contributed by atoms with van der Waals surface area (Å²) in [6.45, 7) is 6.13. The number of benzene rings is 1. The fourth-order valence-electron chi connectivity index (χ4n) is 4.55. The van der Waals surface area contributed by atoms with Crippen molar-refractivity contribution in [3.63, 3.8) is 0 Å². The average Bonchev–Trinajstić information content (AvgIpc) is 3.16. The van der Waals surface area contributed by atoms with Gasteiger partial charge in [0.2, 0.25) is 5.88 Å². The number of rotatable bonds is 5. The first kappa shape index (κ1) is 22.9. The summed E-state index contributed by atoms with van der Waals surface area (Å²) in [6.07, 6.45) is 7.21. The van der Waals surface area contributed by atoms with Gasteiger partial charge in [-0.25, -0.2) is 14.4 Å². The lowest BCUT2D eigenvalue weighted by Crippen LogP contribution is -2.44. The van der Waals surface area contributed by atoms with Crippen LogP contribution in [0.2, 0.25) is 0 Å². The van der Waals surface area contributed by atoms with Crippen LogP contribution in [-0.2, 0) is 7.05 Å². The van der Waals surface area contributed by atoms with E-state index in [0.717, 1.165) is 55.9 Å². The zero-order chi connectivity index (χ0) is 24.5. The number of piperazine rings is 1. The Hall–Kier alpha value is -3.90. The molecule has 2 aromatic heterocycles. The highest BCUT2D eigenvalue weighted by atomic mass is 19.1. The van der Waals surface area contributed by atoms with Crippen molar-refractivity contribution in [3.05, 3.63) is 65.1 Å². The Balaban J connectivity index is 1.36. The molecule has 1 saturated heterocycles. The van der Waals surface area contributed by atoms with Crippen LogP contribution in [-0.4, -0.2) is 57.6 Å². The quantitative estimate of drug-likeness (QED) is 0.592. The zero-order valence-electron chi connectivity index (χ0n) is 20.2. The summed E-state index contributed by atoms with van der Waals surface area (Å²) in [4.78, 5) is 13.1. The normalized spacial score (nSPS) is 16.6. The second-order valence-electron chi connectivity index (χ2n) is 9.04. The van der Waals surface area contributed by atoms with Gasteiger partial charge in [-0.05, 0) is 57.2 Å². The number of fused-ring (bicyclic) bond motifs is 1. The fraction of sp³-hybridized carbons (Fsp3) is 0.346. The number of nitriles is 1. The third-order valence-corrected chi connectivity index (χ3v) is 6.81. The molecule has 180 valence electrons. The van der Waals surface area contributed by atoms with Crippen molar-refractivity contribution in [2.75, 3.05) is 38.5 Å². The van der Waals surface area contributed by atoms with E-state index in [1.807, 2.05) is 24.6 Å². The molecule has 3 heterocycles. The van der Waals surface area contributed by atoms with E-state index in [9.17, 15) is 5.26 Å². The lowest BCUT2D eigenvalue weighted by atomic mass is 10.1. The van der Waals surface area contributed by atoms with Crippen LogP contribution in [0.5, 0.6) is 11.6 Å². The van der Waals surface area contributed by atoms with Crippen LogP contribution in [0.1, 0.15) is 24.1 Å². The van der Waals surface area contributed by atoms with E-state index < -0.39 is 5.82 Å². The average molecular weight is 474 g/mol. The summed E-state index contributed by atoms with van der Waals surface area (Å²) in [5.74, 6) is -0.112. The number of nitrogens with one attached hydrogen (secondary N) is 1. The molecule has 1 fully saturated rings. The summed E-state index contributed by atoms with van der Waals surface area (Å²) in [5, 5.41) is 13.5. The SMILES string of the molecule is Cc1cc2c(F)c(Oc3ncnc(NC4=CC=C(N5CCN(C)CC5)CC4)c3C#N)ccc2n1C. The molecule has 0 amide bonds. The van der Waals surface area contributed by atoms with E-state index in [1.165, 1.54) is 12.0 Å². The highest BCUT2D eigenvalue weighted by molar-refractivity contribution is 5.83. The molecule has 0 saturated carbocycles. The number of aryl methyl sites for hydroxylation is 2. The van der Waals surface area contributed by atoms with Crippen molar-refractivity contribution in [2.24, 2.45) is 7.05 Å². The predicted molar refractivity (Wildman–Crippen MR) is 133 cm³/mol. The summed E-state index contributed by atoms with van der Waals surface area (Å²) < 4.78 is 22.9. The molecule has 9 heteroatoms. The Morgan fingerprint density at radius 1 is 1.09 bits per heavy atom. The van der Waals surface area contributed by atoms with Crippen LogP contribution in [0.4, 0.5) is 10.2 Å². The number of hydrogen-bond donors (Lipinski definition) is 1. The molecule has 1 aliphatic heterocycles. The minimum absolute atomic E-state index is 0.0147. The number of aromatic nitrogens is 3. The number of nitrogens with zero attached hydrogens (tertiary/aromatic N) is 6. The van der Waals surface area contributed by atoms with E-state index in [0.29, 0.717) is 11.2 Å². The van der Waals surface area contributed by atoms with Crippen LogP contribution in [0.15, 0.2) is 48.1 Å². The minimum Gasteiger partial charge on any atom is -0.434 e. The van der Waals surface area contributed by atoms with Crippen molar-refractivity contribution in [1.82, 2.24) is 24.3 Å². The van der Waals surface area contributed by atoms with Gasteiger partial charge in [0.25, 0.3) is 0 Å². The van der Waals surface area contributed by atoms with E-state index >= 15 is 4.39 Å². The molecule has 1 N–H and O–H groups in total. The summed E-state index contributed by atoms with van der Waals surface area (Å²) in [5.41, 5.74) is 4.12. The standard InChI is InChI=1S/C26H28FN7O/c1-17-14-20-22(33(17)3)8-9-23(24(20)27)35-26-21(15-28)25(29-16-30-26)31-18-4-6-19(7-5-18)34-12-10-32(2)11-13-34/h4,6,8-9,14,16H,5,7,10-13H2,1-3H3,(H,29,30,31). The maximum atomic E-state index is 15.2. The lowest BCUT2D eigenvalue weighted by molar-refractivity contribution is 0.182. The zero-order valence-corrected chi connectivity index (χ0v) is 20.2. The number of anilines is 1. The van der Waals surface area contributed by atoms with Gasteiger partial charge in [0.1, 0.15) is 12.4 Å². The molecule has 8 nitrogen and oxygen atoms in total. The van der Waals surface area contributed by atoms with Crippen molar-refractivity contribution in [2.45, 2.75) is 19.8 Å². The Morgan fingerprint density at radius 2 is 1.89 bits per heavy atom. The number of ether oxygens (including phenoxy) is 1. The van der Waals surface area contributed by atoms with Crippen LogP contribution in [0.3, 0.4) is 0 Å². The molecule has 2 aliphatic rings. The molecular weight excluding hydrogens is 445 g/mol. The Morgan fingerprint density at radius 3 is 2.60 bits per heavy atom. The van der Waals surface area contributed by atoms with E-state index in [4.69, 9.17) is 4.74 Å². The molecule has 1 aromatic carbocycles. The van der Waals surface area contributed by atoms with Gasteiger partial charge in [-0.2, -0.15) is 5.26 Å². The first-order valence-corrected chi connectivity index (χ1v) is 11.7. The molecule has 0 radical (unpaired) electrons. The molecule has 0 atom stereocenters. The van der Waals surface area contributed by atoms with Crippen molar-refractivity contribution >= 4 is 16.7 Å². The summed E-state index contributed by atoms with van der Waals surface area (Å²) >= 11 is 0. The topological polar surface area (TPSA) is 82.2 Å². The van der Waals surface area contributed by atoms with Crippen LogP contribution in [0.25, 0.3) is 10.9 Å². The first-order chi connectivity index (χ1) is 16.9. The number of likely N-dealkylation sites (N-methyl/N-ethyl adjacent to an activating group) is 1. The molecular formula is C26H28FN7O. The second kappa shape index (κ2) is 9.39. The maximum Gasteiger partial charge on any atom is 0.242 e. The lowest BCUT2D eigenvalue weighted by Gasteiger charge is -2.36. The van der Waals surface area contributed by atoms with Crippen LogP contribution >= 0.6 is 0 Å². The van der Waals surface area contributed by atoms with Crippen LogP contribution in [0, 0.1) is 24.1 Å². The Bertz CT molecular complexity index is 1380. The third kappa shape index (κ3) is 4.45. The third-order valence-electron chi connectivity index (χ3n) is 6.81. The fourth-order valence-corrected chi connectivity index (χ4v) is 4.55. The van der Waals surface area contributed by atoms with Gasteiger partial charge in [-0.15, -0.1) is 0 Å². The monoisotopic (exact) mass is 473 g/mol. The van der Waals surface area contributed by atoms with Crippen LogP contribution < -0.4 is 10.1 Å². The van der Waals surface area contributed by atoms with E-state index in [-0.39, 0.29) is 17.2 Å². The second-order valence-corrected chi connectivity index (χ2v) is 9.04. The van der Waals surface area contributed by atoms with Crippen molar-refractivity contribution in [3.8, 4) is 17.7 Å². The minimum atomic E-state index is -0.486. The largest absolute Gasteiger partial charge is 0.434 e. The molecule has 0 unspecified atom stereocenters. The molecule has 3 aromatic rings. The van der Waals surface area contributed by atoms with Gasteiger partial charge in [0.05, 0.1) is 5.52 Å². The number of allylic oxidation sites excluding steroid dienone is 4. The van der Waals surface area contributed by atoms with Gasteiger partial charge in [-0.3, -0.25) is 0 Å². The Labute approximate surface area is 203 Å². The molecule has 0 bridgehead atoms. The van der Waals surface area contributed by atoms with Crippen molar-refractivity contribution < 1.29 is 9.13 Å². The van der Waals surface area contributed by atoms with Gasteiger partial charge < -0.3 is 24.4 Å². The van der Waals surface area contributed by atoms with E-state index in [1.54, 1.807) is 18.2 Å².